The number of ether oxygens (including phenoxy) is 1. The van der Waals surface area contributed by atoms with Gasteiger partial charge in [-0.15, -0.1) is 0 Å². The maximum Gasteiger partial charge on any atom is 0.264 e. The number of halogens is 1. The minimum absolute atomic E-state index is 0.0220. The fraction of sp³-hybridized carbons (Fsp3) is 0.312. The molecular formula is C16H17FN4O3. The molecule has 1 unspecified atom stereocenters. The predicted molar refractivity (Wildman–Crippen MR) is 84.8 cm³/mol. The van der Waals surface area contributed by atoms with E-state index >= 15 is 0 Å². The van der Waals surface area contributed by atoms with E-state index in [1.807, 2.05) is 0 Å². The van der Waals surface area contributed by atoms with E-state index in [4.69, 9.17) is 4.74 Å². The van der Waals surface area contributed by atoms with Gasteiger partial charge in [-0.25, -0.2) is 9.37 Å². The molecule has 8 heteroatoms. The van der Waals surface area contributed by atoms with E-state index in [0.29, 0.717) is 16.6 Å². The molecule has 3 aromatic rings. The third-order valence-electron chi connectivity index (χ3n) is 3.65. The van der Waals surface area contributed by atoms with E-state index in [0.717, 1.165) is 0 Å². The lowest BCUT2D eigenvalue weighted by molar-refractivity contribution is 0.0189. The van der Waals surface area contributed by atoms with Crippen LogP contribution in [0.3, 0.4) is 0 Å². The van der Waals surface area contributed by atoms with Gasteiger partial charge in [0.1, 0.15) is 17.5 Å². The standard InChI is InChI=1S/C16H17FN4O3/c1-20-15-13(6-19-20)16(23)21(10-18-15)7-12(22)9-24-8-11-4-2-3-5-14(11)17/h2-6,10,12,22H,7-9H2,1H3. The molecule has 7 nitrogen and oxygen atoms in total. The Morgan fingerprint density at radius 3 is 2.96 bits per heavy atom. The molecule has 24 heavy (non-hydrogen) atoms. The molecule has 2 aromatic heterocycles. The minimum Gasteiger partial charge on any atom is -0.389 e. The molecule has 1 atom stereocenters. The Kier molecular flexibility index (Phi) is 4.68. The van der Waals surface area contributed by atoms with Gasteiger partial charge in [0, 0.05) is 12.6 Å². The highest BCUT2D eigenvalue weighted by molar-refractivity contribution is 5.72. The average Bonchev–Trinajstić information content (AvgIpc) is 2.94. The van der Waals surface area contributed by atoms with Crippen LogP contribution in [0.15, 0.2) is 41.6 Å². The highest BCUT2D eigenvalue weighted by atomic mass is 19.1. The van der Waals surface area contributed by atoms with Crippen LogP contribution >= 0.6 is 0 Å². The van der Waals surface area contributed by atoms with Gasteiger partial charge in [-0.05, 0) is 6.07 Å². The zero-order chi connectivity index (χ0) is 17.1. The van der Waals surface area contributed by atoms with Crippen molar-refractivity contribution in [2.75, 3.05) is 6.61 Å². The summed E-state index contributed by atoms with van der Waals surface area (Å²) in [4.78, 5) is 16.4. The largest absolute Gasteiger partial charge is 0.389 e. The second-order valence-electron chi connectivity index (χ2n) is 5.47. The third-order valence-corrected chi connectivity index (χ3v) is 3.65. The average molecular weight is 332 g/mol. The third kappa shape index (κ3) is 3.34. The van der Waals surface area contributed by atoms with E-state index in [1.54, 1.807) is 25.2 Å². The summed E-state index contributed by atoms with van der Waals surface area (Å²) in [5, 5.41) is 14.4. The van der Waals surface area contributed by atoms with E-state index in [2.05, 4.69) is 10.1 Å². The van der Waals surface area contributed by atoms with Crippen molar-refractivity contribution in [1.82, 2.24) is 19.3 Å². The first-order valence-electron chi connectivity index (χ1n) is 7.42. The van der Waals surface area contributed by atoms with Crippen LogP contribution in [-0.4, -0.2) is 37.1 Å². The van der Waals surface area contributed by atoms with E-state index < -0.39 is 6.10 Å². The van der Waals surface area contributed by atoms with Gasteiger partial charge >= 0.3 is 0 Å². The topological polar surface area (TPSA) is 82.2 Å². The lowest BCUT2D eigenvalue weighted by Crippen LogP contribution is -2.29. The second kappa shape index (κ2) is 6.90. The van der Waals surface area contributed by atoms with Gasteiger partial charge in [0.15, 0.2) is 5.65 Å². The van der Waals surface area contributed by atoms with Crippen molar-refractivity contribution >= 4 is 11.0 Å². The van der Waals surface area contributed by atoms with Gasteiger partial charge in [-0.2, -0.15) is 5.10 Å². The Morgan fingerprint density at radius 1 is 1.38 bits per heavy atom. The van der Waals surface area contributed by atoms with Gasteiger partial charge in [0.05, 0.1) is 32.1 Å². The smallest absolute Gasteiger partial charge is 0.264 e. The van der Waals surface area contributed by atoms with Gasteiger partial charge < -0.3 is 9.84 Å². The summed E-state index contributed by atoms with van der Waals surface area (Å²) in [5.41, 5.74) is 0.628. The number of aromatic nitrogens is 4. The molecule has 0 aliphatic rings. The summed E-state index contributed by atoms with van der Waals surface area (Å²) in [7, 11) is 1.70. The molecule has 1 N–H and O–H groups in total. The Labute approximate surface area is 136 Å². The van der Waals surface area contributed by atoms with Crippen LogP contribution in [0.5, 0.6) is 0 Å². The number of aliphatic hydroxyl groups is 1. The molecule has 2 heterocycles. The quantitative estimate of drug-likeness (QED) is 0.723. The zero-order valence-corrected chi connectivity index (χ0v) is 13.1. The van der Waals surface area contributed by atoms with Crippen LogP contribution in [0.25, 0.3) is 11.0 Å². The molecule has 0 saturated heterocycles. The van der Waals surface area contributed by atoms with Crippen LogP contribution in [0.2, 0.25) is 0 Å². The first-order valence-corrected chi connectivity index (χ1v) is 7.42. The van der Waals surface area contributed by atoms with Gasteiger partial charge in [0.25, 0.3) is 5.56 Å². The Hall–Kier alpha value is -2.58. The number of benzene rings is 1. The van der Waals surface area contributed by atoms with Crippen LogP contribution in [0.1, 0.15) is 5.56 Å². The Morgan fingerprint density at radius 2 is 2.17 bits per heavy atom. The Balaban J connectivity index is 1.61. The molecule has 0 amide bonds. The number of hydrogen-bond acceptors (Lipinski definition) is 5. The second-order valence-corrected chi connectivity index (χ2v) is 5.47. The SMILES string of the molecule is Cn1ncc2c(=O)n(CC(O)COCc3ccccc3F)cnc21. The molecule has 0 bridgehead atoms. The molecule has 1 aromatic carbocycles. The maximum atomic E-state index is 13.5. The monoisotopic (exact) mass is 332 g/mol. The van der Waals surface area contributed by atoms with Gasteiger partial charge in [-0.1, -0.05) is 18.2 Å². The predicted octanol–water partition coefficient (Wildman–Crippen LogP) is 0.847. The Bertz CT molecular complexity index is 906. The van der Waals surface area contributed by atoms with Crippen molar-refractivity contribution in [2.45, 2.75) is 19.3 Å². The summed E-state index contributed by atoms with van der Waals surface area (Å²) < 4.78 is 21.6. The summed E-state index contributed by atoms with van der Waals surface area (Å²) in [6.45, 7) is 0.0678. The van der Waals surface area contributed by atoms with Gasteiger partial charge in [0.2, 0.25) is 0 Å². The molecule has 0 fully saturated rings. The van der Waals surface area contributed by atoms with Crippen LogP contribution < -0.4 is 5.56 Å². The van der Waals surface area contributed by atoms with E-state index in [-0.39, 0.29) is 31.1 Å². The lowest BCUT2D eigenvalue weighted by atomic mass is 10.2. The summed E-state index contributed by atoms with van der Waals surface area (Å²) >= 11 is 0. The van der Waals surface area contributed by atoms with Crippen molar-refractivity contribution < 1.29 is 14.2 Å². The number of rotatable bonds is 6. The van der Waals surface area contributed by atoms with E-state index in [9.17, 15) is 14.3 Å². The van der Waals surface area contributed by atoms with E-state index in [1.165, 1.54) is 27.8 Å². The molecular weight excluding hydrogens is 315 g/mol. The van der Waals surface area contributed by atoms with Gasteiger partial charge in [-0.3, -0.25) is 14.0 Å². The number of aliphatic hydroxyl groups excluding tert-OH is 1. The van der Waals surface area contributed by atoms with Crippen molar-refractivity contribution in [3.05, 3.63) is 58.5 Å². The molecule has 0 saturated carbocycles. The van der Waals surface area contributed by atoms with Crippen molar-refractivity contribution in [3.8, 4) is 0 Å². The van der Waals surface area contributed by atoms with Crippen LogP contribution in [0, 0.1) is 5.82 Å². The highest BCUT2D eigenvalue weighted by Crippen LogP contribution is 2.08. The fourth-order valence-corrected chi connectivity index (χ4v) is 2.40. The minimum atomic E-state index is -0.912. The number of nitrogens with zero attached hydrogens (tertiary/aromatic N) is 4. The highest BCUT2D eigenvalue weighted by Gasteiger charge is 2.12. The zero-order valence-electron chi connectivity index (χ0n) is 13.1. The van der Waals surface area contributed by atoms with Crippen molar-refractivity contribution in [1.29, 1.82) is 0 Å². The summed E-state index contributed by atoms with van der Waals surface area (Å²) in [6.07, 6.45) is 1.90. The first kappa shape index (κ1) is 16.3. The normalized spacial score (nSPS) is 12.6. The molecule has 0 radical (unpaired) electrons. The molecule has 0 spiro atoms. The number of fused-ring (bicyclic) bond motifs is 1. The number of aryl methyl sites for hydroxylation is 1. The maximum absolute atomic E-state index is 13.5. The lowest BCUT2D eigenvalue weighted by Gasteiger charge is -2.13. The molecule has 0 aliphatic carbocycles. The summed E-state index contributed by atoms with van der Waals surface area (Å²) in [5.74, 6) is -0.352. The van der Waals surface area contributed by atoms with Crippen LogP contribution in [-0.2, 0) is 24.9 Å². The van der Waals surface area contributed by atoms with Crippen molar-refractivity contribution in [3.63, 3.8) is 0 Å². The summed E-state index contributed by atoms with van der Waals surface area (Å²) in [6, 6.07) is 6.28. The van der Waals surface area contributed by atoms with Crippen LogP contribution in [0.4, 0.5) is 4.39 Å². The fourth-order valence-electron chi connectivity index (χ4n) is 2.40. The van der Waals surface area contributed by atoms with Crippen molar-refractivity contribution in [2.24, 2.45) is 7.05 Å². The molecule has 3 rings (SSSR count). The first-order chi connectivity index (χ1) is 11.6. The molecule has 0 aliphatic heterocycles. The molecule has 126 valence electrons. The number of hydrogen-bond donors (Lipinski definition) is 1.